The molecule has 0 fully saturated rings. The van der Waals surface area contributed by atoms with Gasteiger partial charge in [-0.05, 0) is 54.1 Å². The Kier molecular flexibility index (Phi) is 4.90. The first kappa shape index (κ1) is 16.8. The van der Waals surface area contributed by atoms with E-state index < -0.39 is 23.3 Å². The predicted molar refractivity (Wildman–Crippen MR) is 77.7 cm³/mol. The first-order chi connectivity index (χ1) is 10.7. The minimum absolute atomic E-state index is 0.127. The number of nitrogens with one attached hydrogen (secondary N) is 1. The van der Waals surface area contributed by atoms with Crippen LogP contribution in [0.3, 0.4) is 0 Å². The largest absolute Gasteiger partial charge is 0.573 e. The van der Waals surface area contributed by atoms with Gasteiger partial charge >= 0.3 is 6.36 Å². The highest BCUT2D eigenvalue weighted by molar-refractivity contribution is 6.67. The van der Waals surface area contributed by atoms with E-state index in [9.17, 15) is 22.8 Å². The van der Waals surface area contributed by atoms with E-state index in [1.165, 1.54) is 30.3 Å². The minimum atomic E-state index is -4.79. The number of anilines is 1. The summed E-state index contributed by atoms with van der Waals surface area (Å²) in [5.41, 5.74) is 0.664. The summed E-state index contributed by atoms with van der Waals surface area (Å²) in [4.78, 5) is 23.1. The molecule has 0 saturated heterocycles. The number of rotatable bonds is 4. The van der Waals surface area contributed by atoms with Crippen LogP contribution in [0.15, 0.2) is 48.5 Å². The summed E-state index contributed by atoms with van der Waals surface area (Å²) >= 11 is 5.34. The lowest BCUT2D eigenvalue weighted by Crippen LogP contribution is -2.17. The molecule has 0 bridgehead atoms. The third-order valence-electron chi connectivity index (χ3n) is 2.70. The molecule has 1 N–H and O–H groups in total. The Morgan fingerprint density at radius 3 is 2.22 bits per heavy atom. The normalized spacial score (nSPS) is 11.0. The van der Waals surface area contributed by atoms with Gasteiger partial charge in [0.15, 0.2) is 0 Å². The highest BCUT2D eigenvalue weighted by Gasteiger charge is 2.31. The van der Waals surface area contributed by atoms with Crippen molar-refractivity contribution in [1.82, 2.24) is 0 Å². The molecule has 1 amide bonds. The fraction of sp³-hybridized carbons (Fsp3) is 0.0667. The number of ether oxygens (including phenoxy) is 1. The van der Waals surface area contributed by atoms with E-state index in [2.05, 4.69) is 10.1 Å². The van der Waals surface area contributed by atoms with Crippen LogP contribution in [0.25, 0.3) is 0 Å². The molecule has 0 radical (unpaired) electrons. The quantitative estimate of drug-likeness (QED) is 0.846. The van der Waals surface area contributed by atoms with Gasteiger partial charge in [-0.2, -0.15) is 0 Å². The summed E-state index contributed by atoms with van der Waals surface area (Å²) in [6, 6.07) is 10.4. The number of halogens is 4. The smallest absolute Gasteiger partial charge is 0.406 e. The maximum absolute atomic E-state index is 12.1. The molecule has 0 aliphatic rings. The van der Waals surface area contributed by atoms with Gasteiger partial charge in [0.25, 0.3) is 11.1 Å². The second-order valence-corrected chi connectivity index (χ2v) is 4.72. The molecule has 8 heteroatoms. The molecule has 23 heavy (non-hydrogen) atoms. The van der Waals surface area contributed by atoms with Crippen LogP contribution in [0.1, 0.15) is 20.7 Å². The number of hydrogen-bond acceptors (Lipinski definition) is 3. The van der Waals surface area contributed by atoms with E-state index >= 15 is 0 Å². The Bertz CT molecular complexity index is 729. The lowest BCUT2D eigenvalue weighted by Gasteiger charge is -2.09. The molecule has 0 unspecified atom stereocenters. The monoisotopic (exact) mass is 343 g/mol. The van der Waals surface area contributed by atoms with Crippen LogP contribution in [0, 0.1) is 0 Å². The summed E-state index contributed by atoms with van der Waals surface area (Å²) in [5.74, 6) is -0.980. The predicted octanol–water partition coefficient (Wildman–Crippen LogP) is 4.22. The van der Waals surface area contributed by atoms with E-state index in [1.54, 1.807) is 6.07 Å². The van der Waals surface area contributed by atoms with Gasteiger partial charge in [0.1, 0.15) is 5.75 Å². The topological polar surface area (TPSA) is 55.4 Å². The number of carbonyl (C=O) groups is 2. The van der Waals surface area contributed by atoms with Crippen LogP contribution < -0.4 is 10.1 Å². The zero-order valence-electron chi connectivity index (χ0n) is 11.4. The van der Waals surface area contributed by atoms with Crippen LogP contribution >= 0.6 is 11.6 Å². The van der Waals surface area contributed by atoms with E-state index in [0.717, 1.165) is 12.1 Å². The molecule has 0 heterocycles. The standard InChI is InChI=1S/C15H9ClF3NO3/c16-13(21)10-2-1-3-11(8-10)20-14(22)9-4-6-12(7-5-9)23-15(17,18)19/h1-8H,(H,20,22). The van der Waals surface area contributed by atoms with Gasteiger partial charge in [0.05, 0.1) is 0 Å². The summed E-state index contributed by atoms with van der Waals surface area (Å²) in [6.45, 7) is 0. The Labute approximate surface area is 133 Å². The molecule has 0 aromatic heterocycles. The average molecular weight is 344 g/mol. The first-order valence-corrected chi connectivity index (χ1v) is 6.59. The van der Waals surface area contributed by atoms with E-state index in [4.69, 9.17) is 11.6 Å². The van der Waals surface area contributed by atoms with Crippen molar-refractivity contribution in [2.24, 2.45) is 0 Å². The number of amides is 1. The Morgan fingerprint density at radius 2 is 1.65 bits per heavy atom. The van der Waals surface area contributed by atoms with Crippen LogP contribution in [-0.2, 0) is 0 Å². The van der Waals surface area contributed by atoms with Crippen molar-refractivity contribution in [3.63, 3.8) is 0 Å². The van der Waals surface area contributed by atoms with Crippen molar-refractivity contribution in [3.05, 3.63) is 59.7 Å². The van der Waals surface area contributed by atoms with Crippen LogP contribution in [0.4, 0.5) is 18.9 Å². The first-order valence-electron chi connectivity index (χ1n) is 6.22. The molecule has 2 aromatic rings. The lowest BCUT2D eigenvalue weighted by molar-refractivity contribution is -0.274. The fourth-order valence-electron chi connectivity index (χ4n) is 1.73. The van der Waals surface area contributed by atoms with Crippen molar-refractivity contribution >= 4 is 28.4 Å². The average Bonchev–Trinajstić information content (AvgIpc) is 2.46. The summed E-state index contributed by atoms with van der Waals surface area (Å²) < 4.78 is 39.9. The second kappa shape index (κ2) is 6.70. The molecular weight excluding hydrogens is 335 g/mol. The van der Waals surface area contributed by atoms with Gasteiger partial charge in [0.2, 0.25) is 0 Å². The SMILES string of the molecule is O=C(Cl)c1cccc(NC(=O)c2ccc(OC(F)(F)F)cc2)c1. The molecule has 0 aliphatic heterocycles. The number of benzene rings is 2. The zero-order valence-corrected chi connectivity index (χ0v) is 12.1. The molecule has 0 spiro atoms. The zero-order chi connectivity index (χ0) is 17.0. The van der Waals surface area contributed by atoms with E-state index in [1.807, 2.05) is 0 Å². The van der Waals surface area contributed by atoms with Crippen molar-refractivity contribution in [3.8, 4) is 5.75 Å². The van der Waals surface area contributed by atoms with Crippen molar-refractivity contribution in [2.75, 3.05) is 5.32 Å². The lowest BCUT2D eigenvalue weighted by atomic mass is 10.2. The summed E-state index contributed by atoms with van der Waals surface area (Å²) in [6.07, 6.45) is -4.79. The Balaban J connectivity index is 2.09. The molecule has 2 rings (SSSR count). The maximum atomic E-state index is 12.1. The Hall–Kier alpha value is -2.54. The highest BCUT2D eigenvalue weighted by Crippen LogP contribution is 2.23. The second-order valence-electron chi connectivity index (χ2n) is 4.38. The summed E-state index contributed by atoms with van der Waals surface area (Å²) in [7, 11) is 0. The highest BCUT2D eigenvalue weighted by atomic mass is 35.5. The molecule has 120 valence electrons. The minimum Gasteiger partial charge on any atom is -0.406 e. The third-order valence-corrected chi connectivity index (χ3v) is 2.92. The van der Waals surface area contributed by atoms with Gasteiger partial charge in [-0.25, -0.2) is 0 Å². The molecule has 0 atom stereocenters. The van der Waals surface area contributed by atoms with Crippen LogP contribution in [0.5, 0.6) is 5.75 Å². The van der Waals surface area contributed by atoms with Crippen molar-refractivity contribution < 1.29 is 27.5 Å². The van der Waals surface area contributed by atoms with Gasteiger partial charge in [-0.15, -0.1) is 13.2 Å². The van der Waals surface area contributed by atoms with Gasteiger partial charge in [-0.3, -0.25) is 9.59 Å². The maximum Gasteiger partial charge on any atom is 0.573 e. The van der Waals surface area contributed by atoms with Crippen molar-refractivity contribution in [2.45, 2.75) is 6.36 Å². The molecule has 0 aliphatic carbocycles. The molecule has 0 saturated carbocycles. The van der Waals surface area contributed by atoms with Crippen LogP contribution in [0.2, 0.25) is 0 Å². The number of hydrogen-bond donors (Lipinski definition) is 1. The molecule has 4 nitrogen and oxygen atoms in total. The van der Waals surface area contributed by atoms with Gasteiger partial charge in [0, 0.05) is 16.8 Å². The third kappa shape index (κ3) is 5.00. The summed E-state index contributed by atoms with van der Waals surface area (Å²) in [5, 5.41) is 1.84. The van der Waals surface area contributed by atoms with E-state index in [0.29, 0.717) is 5.69 Å². The van der Waals surface area contributed by atoms with Crippen LogP contribution in [-0.4, -0.2) is 17.5 Å². The molecule has 2 aromatic carbocycles. The Morgan fingerprint density at radius 1 is 1.00 bits per heavy atom. The van der Waals surface area contributed by atoms with Gasteiger partial charge < -0.3 is 10.1 Å². The van der Waals surface area contributed by atoms with Crippen molar-refractivity contribution in [1.29, 1.82) is 0 Å². The van der Waals surface area contributed by atoms with Gasteiger partial charge in [-0.1, -0.05) is 6.07 Å². The fourth-order valence-corrected chi connectivity index (χ4v) is 1.85. The number of carbonyl (C=O) groups excluding carboxylic acids is 2. The molecular formula is C15H9ClF3NO3. The number of alkyl halides is 3. The van der Waals surface area contributed by atoms with E-state index in [-0.39, 0.29) is 11.1 Å².